The molecule has 2 atom stereocenters. The Balaban J connectivity index is 1.93. The van der Waals surface area contributed by atoms with Gasteiger partial charge in [-0.25, -0.2) is 4.98 Å². The van der Waals surface area contributed by atoms with Crippen LogP contribution in [0.3, 0.4) is 0 Å². The third-order valence-electron chi connectivity index (χ3n) is 4.22. The summed E-state index contributed by atoms with van der Waals surface area (Å²) in [6.07, 6.45) is 6.52. The first-order valence-corrected chi connectivity index (χ1v) is 7.75. The monoisotopic (exact) mass is 328 g/mol. The smallest absolute Gasteiger partial charge is 0.254 e. The van der Waals surface area contributed by atoms with Crippen molar-refractivity contribution in [2.75, 3.05) is 5.32 Å². The number of carbonyl (C=O) groups is 1. The van der Waals surface area contributed by atoms with Crippen LogP contribution in [-0.4, -0.2) is 20.7 Å². The van der Waals surface area contributed by atoms with Crippen molar-refractivity contribution in [3.05, 3.63) is 36.0 Å². The fourth-order valence-electron chi connectivity index (χ4n) is 3.03. The molecule has 1 aliphatic rings. The van der Waals surface area contributed by atoms with Crippen molar-refractivity contribution in [1.82, 2.24) is 14.8 Å². The van der Waals surface area contributed by atoms with Crippen LogP contribution >= 0.6 is 0 Å². The topological polar surface area (TPSA) is 110 Å². The maximum absolute atomic E-state index is 13.2. The van der Waals surface area contributed by atoms with Gasteiger partial charge in [0.05, 0.1) is 18.0 Å². The first kappa shape index (κ1) is 15.9. The fraction of sp³-hybridized carbons (Fsp3) is 0.375. The Kier molecular flexibility index (Phi) is 4.42. The van der Waals surface area contributed by atoms with Crippen molar-refractivity contribution in [1.29, 1.82) is 5.26 Å². The van der Waals surface area contributed by atoms with Gasteiger partial charge in [0.25, 0.3) is 5.91 Å². The minimum Gasteiger partial charge on any atom is -0.365 e. The van der Waals surface area contributed by atoms with Crippen molar-refractivity contribution in [2.24, 2.45) is 11.7 Å². The van der Waals surface area contributed by atoms with Crippen LogP contribution in [0.2, 0.25) is 0 Å². The predicted octanol–water partition coefficient (Wildman–Crippen LogP) is 2.51. The molecule has 0 spiro atoms. The van der Waals surface area contributed by atoms with Gasteiger partial charge in [0.15, 0.2) is 5.82 Å². The van der Waals surface area contributed by atoms with E-state index in [-0.39, 0.29) is 23.3 Å². The van der Waals surface area contributed by atoms with Crippen molar-refractivity contribution >= 4 is 17.4 Å². The predicted molar refractivity (Wildman–Crippen MR) is 84.8 cm³/mol. The lowest BCUT2D eigenvalue weighted by Gasteiger charge is -2.26. The van der Waals surface area contributed by atoms with E-state index >= 15 is 0 Å². The summed E-state index contributed by atoms with van der Waals surface area (Å²) < 4.78 is 14.8. The van der Waals surface area contributed by atoms with Gasteiger partial charge in [-0.2, -0.15) is 14.8 Å². The number of amides is 1. The lowest BCUT2D eigenvalue weighted by Crippen LogP contribution is -2.22. The van der Waals surface area contributed by atoms with Crippen LogP contribution in [0.1, 0.15) is 42.1 Å². The average Bonchev–Trinajstić information content (AvgIpc) is 2.98. The molecule has 2 heterocycles. The zero-order valence-corrected chi connectivity index (χ0v) is 12.9. The van der Waals surface area contributed by atoms with Crippen molar-refractivity contribution in [3.63, 3.8) is 0 Å². The van der Waals surface area contributed by atoms with E-state index in [1.54, 1.807) is 16.9 Å². The van der Waals surface area contributed by atoms with Crippen LogP contribution in [0.5, 0.6) is 0 Å². The highest BCUT2D eigenvalue weighted by atomic mass is 19.1. The molecule has 124 valence electrons. The van der Waals surface area contributed by atoms with Crippen molar-refractivity contribution in [2.45, 2.75) is 31.7 Å². The van der Waals surface area contributed by atoms with Crippen molar-refractivity contribution < 1.29 is 9.18 Å². The van der Waals surface area contributed by atoms with Crippen LogP contribution in [0.25, 0.3) is 0 Å². The average molecular weight is 328 g/mol. The molecular weight excluding hydrogens is 311 g/mol. The van der Waals surface area contributed by atoms with Gasteiger partial charge in [0, 0.05) is 24.1 Å². The molecule has 2 aromatic heterocycles. The number of nitrogens with one attached hydrogen (secondary N) is 1. The van der Waals surface area contributed by atoms with Gasteiger partial charge in [-0.05, 0) is 18.9 Å². The number of nitrogens with two attached hydrogens (primary N) is 1. The Morgan fingerprint density at radius 2 is 2.25 bits per heavy atom. The number of nitrogens with zero attached hydrogens (tertiary/aromatic N) is 4. The third-order valence-corrected chi connectivity index (χ3v) is 4.22. The Morgan fingerprint density at radius 1 is 1.46 bits per heavy atom. The van der Waals surface area contributed by atoms with E-state index in [2.05, 4.69) is 21.5 Å². The molecule has 8 heteroatoms. The fourth-order valence-corrected chi connectivity index (χ4v) is 3.03. The molecule has 1 saturated carbocycles. The van der Waals surface area contributed by atoms with Gasteiger partial charge < -0.3 is 11.1 Å². The van der Waals surface area contributed by atoms with Crippen LogP contribution < -0.4 is 11.1 Å². The number of nitriles is 1. The summed E-state index contributed by atoms with van der Waals surface area (Å²) in [5, 5.41) is 16.6. The molecule has 1 fully saturated rings. The Morgan fingerprint density at radius 3 is 2.96 bits per heavy atom. The Bertz CT molecular complexity index is 796. The van der Waals surface area contributed by atoms with E-state index in [1.165, 1.54) is 12.3 Å². The van der Waals surface area contributed by atoms with E-state index in [9.17, 15) is 14.4 Å². The summed E-state index contributed by atoms with van der Waals surface area (Å²) in [5.74, 6) is -1.18. The second kappa shape index (κ2) is 6.66. The van der Waals surface area contributed by atoms with Crippen LogP contribution in [0, 0.1) is 23.2 Å². The summed E-state index contributed by atoms with van der Waals surface area (Å²) in [5.41, 5.74) is 6.04. The summed E-state index contributed by atoms with van der Waals surface area (Å²) in [6, 6.07) is 4.98. The van der Waals surface area contributed by atoms with Gasteiger partial charge in [0.1, 0.15) is 5.56 Å². The number of carbonyl (C=O) groups excluding carboxylic acids is 1. The highest BCUT2D eigenvalue weighted by molar-refractivity contribution is 5.98. The molecule has 3 rings (SSSR count). The van der Waals surface area contributed by atoms with E-state index in [1.807, 2.05) is 0 Å². The third kappa shape index (κ3) is 3.20. The van der Waals surface area contributed by atoms with E-state index in [0.717, 1.165) is 25.7 Å². The zero-order valence-electron chi connectivity index (χ0n) is 12.9. The number of aromatic nitrogens is 3. The Hall–Kier alpha value is -2.95. The molecule has 7 nitrogen and oxygen atoms in total. The summed E-state index contributed by atoms with van der Waals surface area (Å²) in [4.78, 5) is 15.2. The summed E-state index contributed by atoms with van der Waals surface area (Å²) >= 11 is 0. The van der Waals surface area contributed by atoms with Crippen LogP contribution in [-0.2, 0) is 0 Å². The SMILES string of the molecule is N#CC1CCCC[C@@H]1n1cc(C(N)=O)c(Nc2ccnc(F)c2)n1. The standard InChI is InChI=1S/C16H17FN6O/c17-14-7-11(5-6-20-14)21-16-12(15(19)24)9-23(22-16)13-4-2-1-3-10(13)8-18/h5-7,9-10,13H,1-4H2,(H2,19,24)(H,20,21,22)/t10?,13-/m0/s1. The largest absolute Gasteiger partial charge is 0.365 e. The van der Waals surface area contributed by atoms with E-state index < -0.39 is 11.9 Å². The second-order valence-corrected chi connectivity index (χ2v) is 5.82. The maximum Gasteiger partial charge on any atom is 0.254 e. The zero-order chi connectivity index (χ0) is 17.1. The minimum atomic E-state index is -0.642. The molecule has 3 N–H and O–H groups in total. The number of primary amides is 1. The van der Waals surface area contributed by atoms with E-state index in [4.69, 9.17) is 5.73 Å². The number of halogens is 1. The second-order valence-electron chi connectivity index (χ2n) is 5.82. The molecule has 1 aliphatic carbocycles. The highest BCUT2D eigenvalue weighted by Crippen LogP contribution is 2.34. The summed E-state index contributed by atoms with van der Waals surface area (Å²) in [7, 11) is 0. The van der Waals surface area contributed by atoms with Crippen LogP contribution in [0.4, 0.5) is 15.9 Å². The molecule has 0 bridgehead atoms. The molecule has 1 unspecified atom stereocenters. The molecule has 0 aromatic carbocycles. The quantitative estimate of drug-likeness (QED) is 0.838. The lowest BCUT2D eigenvalue weighted by atomic mass is 9.85. The maximum atomic E-state index is 13.2. The first-order valence-electron chi connectivity index (χ1n) is 7.75. The van der Waals surface area contributed by atoms with Gasteiger partial charge in [-0.15, -0.1) is 0 Å². The van der Waals surface area contributed by atoms with Crippen molar-refractivity contribution in [3.8, 4) is 6.07 Å². The molecular formula is C16H17FN6O. The summed E-state index contributed by atoms with van der Waals surface area (Å²) in [6.45, 7) is 0. The normalized spacial score (nSPS) is 20.3. The van der Waals surface area contributed by atoms with Crippen LogP contribution in [0.15, 0.2) is 24.5 Å². The molecule has 0 saturated heterocycles. The molecule has 0 radical (unpaired) electrons. The van der Waals surface area contributed by atoms with Gasteiger partial charge >= 0.3 is 0 Å². The highest BCUT2D eigenvalue weighted by Gasteiger charge is 2.28. The molecule has 1 amide bonds. The number of hydrogen-bond donors (Lipinski definition) is 2. The minimum absolute atomic E-state index is 0.0911. The molecule has 2 aromatic rings. The van der Waals surface area contributed by atoms with Gasteiger partial charge in [-0.3, -0.25) is 9.48 Å². The van der Waals surface area contributed by atoms with E-state index in [0.29, 0.717) is 5.69 Å². The first-order chi connectivity index (χ1) is 11.6. The molecule has 24 heavy (non-hydrogen) atoms. The molecule has 0 aliphatic heterocycles. The van der Waals surface area contributed by atoms with Gasteiger partial charge in [-0.1, -0.05) is 12.8 Å². The lowest BCUT2D eigenvalue weighted by molar-refractivity contribution is 0.100. The number of hydrogen-bond acceptors (Lipinski definition) is 5. The number of anilines is 2. The Labute approximate surface area is 138 Å². The number of rotatable bonds is 4. The number of pyridine rings is 1. The van der Waals surface area contributed by atoms with Gasteiger partial charge in [0.2, 0.25) is 5.95 Å².